The van der Waals surface area contributed by atoms with Crippen molar-refractivity contribution in [2.75, 3.05) is 13.1 Å². The van der Waals surface area contributed by atoms with E-state index in [4.69, 9.17) is 4.42 Å². The molecule has 3 rings (SSSR count). The molecule has 0 radical (unpaired) electrons. The monoisotopic (exact) mass is 342 g/mol. The van der Waals surface area contributed by atoms with Crippen LogP contribution in [0, 0.1) is 5.92 Å². The number of likely N-dealkylation sites (tertiary alicyclic amines) is 1. The highest BCUT2D eigenvalue weighted by molar-refractivity contribution is 5.93. The number of oxazole rings is 1. The minimum atomic E-state index is -0.559. The number of hydrogen-bond donors (Lipinski definition) is 1. The first-order valence-corrected chi connectivity index (χ1v) is 8.84. The van der Waals surface area contributed by atoms with Crippen molar-refractivity contribution in [3.8, 4) is 0 Å². The van der Waals surface area contributed by atoms with Gasteiger partial charge >= 0.3 is 0 Å². The number of amides is 1. The van der Waals surface area contributed by atoms with Gasteiger partial charge < -0.3 is 14.4 Å². The summed E-state index contributed by atoms with van der Waals surface area (Å²) in [7, 11) is 0. The maximum atomic E-state index is 13.0. The molecule has 2 unspecified atom stereocenters. The second-order valence-electron chi connectivity index (χ2n) is 7.79. The van der Waals surface area contributed by atoms with Gasteiger partial charge in [0.05, 0.1) is 6.10 Å². The van der Waals surface area contributed by atoms with Crippen molar-refractivity contribution in [2.45, 2.75) is 45.1 Å². The van der Waals surface area contributed by atoms with E-state index in [0.717, 1.165) is 18.4 Å². The van der Waals surface area contributed by atoms with Crippen LogP contribution in [-0.4, -0.2) is 34.0 Å². The van der Waals surface area contributed by atoms with Crippen molar-refractivity contribution in [3.05, 3.63) is 53.7 Å². The Bertz CT molecular complexity index is 718. The third-order valence-electron chi connectivity index (χ3n) is 4.78. The lowest BCUT2D eigenvalue weighted by Crippen LogP contribution is -2.42. The lowest BCUT2D eigenvalue weighted by Gasteiger charge is -2.35. The molecule has 1 amide bonds. The maximum Gasteiger partial charge on any atom is 0.276 e. The fourth-order valence-corrected chi connectivity index (χ4v) is 3.45. The third-order valence-corrected chi connectivity index (χ3v) is 4.78. The van der Waals surface area contributed by atoms with Crippen LogP contribution in [0.25, 0.3) is 0 Å². The highest BCUT2D eigenvalue weighted by atomic mass is 16.3. The molecule has 1 N–H and O–H groups in total. The minimum absolute atomic E-state index is 0.0325. The molecule has 25 heavy (non-hydrogen) atoms. The summed E-state index contributed by atoms with van der Waals surface area (Å²) in [6.07, 6.45) is 2.57. The van der Waals surface area contributed by atoms with Crippen molar-refractivity contribution in [1.29, 1.82) is 0 Å². The molecule has 0 spiro atoms. The van der Waals surface area contributed by atoms with E-state index in [9.17, 15) is 9.90 Å². The first-order chi connectivity index (χ1) is 11.9. The standard InChI is InChI=1S/C20H26N2O3/c1-20(2,3)18-16(21-13-25-18)19(24)22-11-7-10-15(12-22)17(23)14-8-5-4-6-9-14/h4-6,8-9,13,15,17,23H,7,10-12H2,1-3H3. The van der Waals surface area contributed by atoms with Gasteiger partial charge in [-0.1, -0.05) is 51.1 Å². The molecule has 5 heteroatoms. The highest BCUT2D eigenvalue weighted by Crippen LogP contribution is 2.31. The van der Waals surface area contributed by atoms with E-state index in [2.05, 4.69) is 4.98 Å². The van der Waals surface area contributed by atoms with Crippen LogP contribution in [0.15, 0.2) is 41.1 Å². The van der Waals surface area contributed by atoms with Crippen molar-refractivity contribution >= 4 is 5.91 Å². The molecule has 2 heterocycles. The van der Waals surface area contributed by atoms with E-state index >= 15 is 0 Å². The largest absolute Gasteiger partial charge is 0.447 e. The third kappa shape index (κ3) is 3.76. The Hall–Kier alpha value is -2.14. The fourth-order valence-electron chi connectivity index (χ4n) is 3.45. The normalized spacial score (nSPS) is 19.7. The molecule has 1 aliphatic heterocycles. The Labute approximate surface area is 148 Å². The van der Waals surface area contributed by atoms with Gasteiger partial charge in [0.25, 0.3) is 5.91 Å². The summed E-state index contributed by atoms with van der Waals surface area (Å²) in [4.78, 5) is 18.9. The van der Waals surface area contributed by atoms with Crippen molar-refractivity contribution < 1.29 is 14.3 Å². The average Bonchev–Trinajstić information content (AvgIpc) is 3.11. The Morgan fingerprint density at radius 3 is 2.72 bits per heavy atom. The molecule has 1 saturated heterocycles. The first-order valence-electron chi connectivity index (χ1n) is 8.84. The Morgan fingerprint density at radius 1 is 1.32 bits per heavy atom. The van der Waals surface area contributed by atoms with E-state index in [1.165, 1.54) is 6.39 Å². The number of aliphatic hydroxyl groups excluding tert-OH is 1. The maximum absolute atomic E-state index is 13.0. The highest BCUT2D eigenvalue weighted by Gasteiger charge is 2.34. The number of hydrogen-bond acceptors (Lipinski definition) is 4. The second kappa shape index (κ2) is 7.00. The van der Waals surface area contributed by atoms with E-state index in [0.29, 0.717) is 24.5 Å². The van der Waals surface area contributed by atoms with E-state index < -0.39 is 6.10 Å². The number of benzene rings is 1. The SMILES string of the molecule is CC(C)(C)c1ocnc1C(=O)N1CCCC(C(O)c2ccccc2)C1. The van der Waals surface area contributed by atoms with Crippen molar-refractivity contribution in [1.82, 2.24) is 9.88 Å². The van der Waals surface area contributed by atoms with E-state index in [-0.39, 0.29) is 17.2 Å². The van der Waals surface area contributed by atoms with Crippen LogP contribution in [0.2, 0.25) is 0 Å². The van der Waals surface area contributed by atoms with Gasteiger partial charge in [-0.05, 0) is 18.4 Å². The molecule has 2 atom stereocenters. The number of carbonyl (C=O) groups is 1. The first kappa shape index (κ1) is 17.7. The topological polar surface area (TPSA) is 66.6 Å². The van der Waals surface area contributed by atoms with Gasteiger partial charge in [-0.25, -0.2) is 4.98 Å². The van der Waals surface area contributed by atoms with Gasteiger partial charge in [0.1, 0.15) is 5.76 Å². The number of nitrogens with zero attached hydrogens (tertiary/aromatic N) is 2. The summed E-state index contributed by atoms with van der Waals surface area (Å²) in [5.41, 5.74) is 1.02. The van der Waals surface area contributed by atoms with Gasteiger partial charge in [-0.15, -0.1) is 0 Å². The summed E-state index contributed by atoms with van der Waals surface area (Å²) >= 11 is 0. The number of aromatic nitrogens is 1. The van der Waals surface area contributed by atoms with Crippen LogP contribution in [0.3, 0.4) is 0 Å². The molecule has 1 aromatic carbocycles. The van der Waals surface area contributed by atoms with Gasteiger partial charge in [-0.2, -0.15) is 0 Å². The zero-order valence-corrected chi connectivity index (χ0v) is 15.1. The van der Waals surface area contributed by atoms with Crippen molar-refractivity contribution in [2.24, 2.45) is 5.92 Å². The smallest absolute Gasteiger partial charge is 0.276 e. The van der Waals surface area contributed by atoms with Crippen LogP contribution < -0.4 is 0 Å². The van der Waals surface area contributed by atoms with Crippen LogP contribution >= 0.6 is 0 Å². The number of piperidine rings is 1. The molecule has 0 bridgehead atoms. The lowest BCUT2D eigenvalue weighted by atomic mass is 9.88. The molecule has 1 aromatic heterocycles. The summed E-state index contributed by atoms with van der Waals surface area (Å²) in [5.74, 6) is 0.539. The fraction of sp³-hybridized carbons (Fsp3) is 0.500. The number of carbonyl (C=O) groups excluding carboxylic acids is 1. The van der Waals surface area contributed by atoms with Gasteiger partial charge in [-0.3, -0.25) is 4.79 Å². The molecule has 134 valence electrons. The lowest BCUT2D eigenvalue weighted by molar-refractivity contribution is 0.0395. The molecule has 0 aliphatic carbocycles. The van der Waals surface area contributed by atoms with Crippen molar-refractivity contribution in [3.63, 3.8) is 0 Å². The molecule has 1 aliphatic rings. The van der Waals surface area contributed by atoms with Crippen LogP contribution in [0.4, 0.5) is 0 Å². The average molecular weight is 342 g/mol. The molecule has 2 aromatic rings. The predicted molar refractivity (Wildman–Crippen MR) is 95.2 cm³/mol. The molecule has 5 nitrogen and oxygen atoms in total. The summed E-state index contributed by atoms with van der Waals surface area (Å²) in [6.45, 7) is 7.23. The Morgan fingerprint density at radius 2 is 2.04 bits per heavy atom. The predicted octanol–water partition coefficient (Wildman–Crippen LogP) is 3.56. The van der Waals surface area contributed by atoms with Gasteiger partial charge in [0, 0.05) is 24.4 Å². The summed E-state index contributed by atoms with van der Waals surface area (Å²) in [6, 6.07) is 9.65. The van der Waals surface area contributed by atoms with Crippen LogP contribution in [0.1, 0.15) is 61.5 Å². The molecular formula is C20H26N2O3. The van der Waals surface area contributed by atoms with Crippen LogP contribution in [0.5, 0.6) is 0 Å². The Balaban J connectivity index is 1.76. The summed E-state index contributed by atoms with van der Waals surface area (Å²) < 4.78 is 5.48. The molecule has 0 saturated carbocycles. The second-order valence-corrected chi connectivity index (χ2v) is 7.79. The van der Waals surface area contributed by atoms with Crippen LogP contribution in [-0.2, 0) is 5.41 Å². The van der Waals surface area contributed by atoms with E-state index in [1.54, 1.807) is 4.90 Å². The number of aliphatic hydroxyl groups is 1. The van der Waals surface area contributed by atoms with E-state index in [1.807, 2.05) is 51.1 Å². The van der Waals surface area contributed by atoms with Gasteiger partial charge in [0.2, 0.25) is 0 Å². The zero-order valence-electron chi connectivity index (χ0n) is 15.1. The molecular weight excluding hydrogens is 316 g/mol. The zero-order chi connectivity index (χ0) is 18.0. The quantitative estimate of drug-likeness (QED) is 0.926. The van der Waals surface area contributed by atoms with Gasteiger partial charge in [0.15, 0.2) is 12.1 Å². The Kier molecular flexibility index (Phi) is 4.95. The molecule has 1 fully saturated rings. The number of rotatable bonds is 3. The minimum Gasteiger partial charge on any atom is -0.447 e. The summed E-state index contributed by atoms with van der Waals surface area (Å²) in [5, 5.41) is 10.7.